The molecule has 0 bridgehead atoms. The highest BCUT2D eigenvalue weighted by atomic mass is 19.1. The van der Waals surface area contributed by atoms with Gasteiger partial charge in [-0.25, -0.2) is 4.39 Å². The molecule has 0 aliphatic rings. The summed E-state index contributed by atoms with van der Waals surface area (Å²) < 4.78 is 17.9. The number of nitrogens with one attached hydrogen (secondary N) is 1. The van der Waals surface area contributed by atoms with Crippen molar-refractivity contribution in [3.8, 4) is 0 Å². The minimum absolute atomic E-state index is 0.193. The minimum atomic E-state index is -0.193. The number of anilines is 1. The molecule has 0 aromatic heterocycles. The molecule has 3 nitrogen and oxygen atoms in total. The maximum Gasteiger partial charge on any atom is 0.123 e. The molecule has 0 heterocycles. The van der Waals surface area contributed by atoms with Gasteiger partial charge >= 0.3 is 0 Å². The standard InChI is InChI=1S/C14H23FN2O/c1-4-17(10-9-16-12(2)11-18-3)14-7-5-13(15)6-8-14/h5-8,12,16H,4,9-11H2,1-3H3. The zero-order valence-electron chi connectivity index (χ0n) is 11.4. The van der Waals surface area contributed by atoms with E-state index in [4.69, 9.17) is 4.74 Å². The number of likely N-dealkylation sites (N-methyl/N-ethyl adjacent to an activating group) is 1. The molecular formula is C14H23FN2O. The van der Waals surface area contributed by atoms with Crippen molar-refractivity contribution in [3.05, 3.63) is 30.1 Å². The molecule has 0 aliphatic heterocycles. The summed E-state index contributed by atoms with van der Waals surface area (Å²) in [4.78, 5) is 2.21. The van der Waals surface area contributed by atoms with E-state index < -0.39 is 0 Å². The lowest BCUT2D eigenvalue weighted by Crippen LogP contribution is -2.37. The van der Waals surface area contributed by atoms with Crippen LogP contribution in [-0.2, 0) is 4.74 Å². The van der Waals surface area contributed by atoms with Crippen molar-refractivity contribution >= 4 is 5.69 Å². The van der Waals surface area contributed by atoms with E-state index in [1.165, 1.54) is 12.1 Å². The number of hydrogen-bond donors (Lipinski definition) is 1. The molecule has 1 aromatic carbocycles. The molecule has 1 atom stereocenters. The average molecular weight is 254 g/mol. The molecule has 1 rings (SSSR count). The number of rotatable bonds is 8. The second-order valence-corrected chi connectivity index (χ2v) is 4.37. The largest absolute Gasteiger partial charge is 0.383 e. The van der Waals surface area contributed by atoms with E-state index in [9.17, 15) is 4.39 Å². The van der Waals surface area contributed by atoms with E-state index >= 15 is 0 Å². The van der Waals surface area contributed by atoms with Crippen molar-refractivity contribution in [3.63, 3.8) is 0 Å². The molecule has 4 heteroatoms. The third-order valence-electron chi connectivity index (χ3n) is 2.86. The lowest BCUT2D eigenvalue weighted by Gasteiger charge is -2.24. The molecule has 0 amide bonds. The van der Waals surface area contributed by atoms with Gasteiger partial charge < -0.3 is 15.0 Å². The van der Waals surface area contributed by atoms with Gasteiger partial charge in [-0.15, -0.1) is 0 Å². The molecular weight excluding hydrogens is 231 g/mol. The molecule has 0 radical (unpaired) electrons. The lowest BCUT2D eigenvalue weighted by atomic mass is 10.2. The van der Waals surface area contributed by atoms with Gasteiger partial charge in [0.05, 0.1) is 6.61 Å². The molecule has 0 saturated carbocycles. The Morgan fingerprint density at radius 3 is 2.56 bits per heavy atom. The SMILES string of the molecule is CCN(CCNC(C)COC)c1ccc(F)cc1. The zero-order chi connectivity index (χ0) is 13.4. The quantitative estimate of drug-likeness (QED) is 0.770. The van der Waals surface area contributed by atoms with Crippen LogP contribution >= 0.6 is 0 Å². The van der Waals surface area contributed by atoms with Gasteiger partial charge in [0.15, 0.2) is 0 Å². The van der Waals surface area contributed by atoms with Gasteiger partial charge in [0.2, 0.25) is 0 Å². The van der Waals surface area contributed by atoms with E-state index in [2.05, 4.69) is 24.1 Å². The maximum atomic E-state index is 12.9. The van der Waals surface area contributed by atoms with Crippen LogP contribution in [0.15, 0.2) is 24.3 Å². The lowest BCUT2D eigenvalue weighted by molar-refractivity contribution is 0.172. The zero-order valence-corrected chi connectivity index (χ0v) is 11.4. The minimum Gasteiger partial charge on any atom is -0.383 e. The third kappa shape index (κ3) is 5.02. The van der Waals surface area contributed by atoms with Crippen LogP contribution < -0.4 is 10.2 Å². The number of benzene rings is 1. The van der Waals surface area contributed by atoms with Crippen molar-refractivity contribution < 1.29 is 9.13 Å². The Morgan fingerprint density at radius 1 is 1.33 bits per heavy atom. The number of hydrogen-bond acceptors (Lipinski definition) is 3. The Bertz CT molecular complexity index is 329. The Kier molecular flexibility index (Phi) is 6.68. The van der Waals surface area contributed by atoms with Crippen LogP contribution in [0.25, 0.3) is 0 Å². The van der Waals surface area contributed by atoms with Gasteiger partial charge in [-0.2, -0.15) is 0 Å². The van der Waals surface area contributed by atoms with Crippen molar-refractivity contribution in [1.82, 2.24) is 5.32 Å². The van der Waals surface area contributed by atoms with E-state index in [-0.39, 0.29) is 5.82 Å². The Hall–Kier alpha value is -1.13. The van der Waals surface area contributed by atoms with Gasteiger partial charge in [-0.1, -0.05) is 0 Å². The highest BCUT2D eigenvalue weighted by Crippen LogP contribution is 2.13. The van der Waals surface area contributed by atoms with Crippen molar-refractivity contribution in [2.45, 2.75) is 19.9 Å². The Balaban J connectivity index is 2.40. The van der Waals surface area contributed by atoms with E-state index in [1.54, 1.807) is 7.11 Å². The van der Waals surface area contributed by atoms with Crippen LogP contribution in [0, 0.1) is 5.82 Å². The van der Waals surface area contributed by atoms with Crippen molar-refractivity contribution in [1.29, 1.82) is 0 Å². The summed E-state index contributed by atoms with van der Waals surface area (Å²) in [5.74, 6) is -0.193. The maximum absolute atomic E-state index is 12.9. The van der Waals surface area contributed by atoms with Crippen LogP contribution in [0.5, 0.6) is 0 Å². The fourth-order valence-electron chi connectivity index (χ4n) is 1.88. The summed E-state index contributed by atoms with van der Waals surface area (Å²) in [7, 11) is 1.70. The van der Waals surface area contributed by atoms with Crippen LogP contribution in [0.3, 0.4) is 0 Å². The van der Waals surface area contributed by atoms with Crippen molar-refractivity contribution in [2.24, 2.45) is 0 Å². The van der Waals surface area contributed by atoms with Gasteiger partial charge in [-0.3, -0.25) is 0 Å². The summed E-state index contributed by atoms with van der Waals surface area (Å²) in [6.45, 7) is 7.60. The molecule has 0 saturated heterocycles. The molecule has 0 fully saturated rings. The highest BCUT2D eigenvalue weighted by Gasteiger charge is 2.05. The predicted octanol–water partition coefficient (Wildman–Crippen LogP) is 2.28. The first-order valence-corrected chi connectivity index (χ1v) is 6.40. The van der Waals surface area contributed by atoms with E-state index in [1.807, 2.05) is 12.1 Å². The first-order chi connectivity index (χ1) is 8.67. The molecule has 1 aromatic rings. The molecule has 18 heavy (non-hydrogen) atoms. The summed E-state index contributed by atoms with van der Waals surface area (Å²) in [6, 6.07) is 6.98. The number of halogens is 1. The Morgan fingerprint density at radius 2 is 2.00 bits per heavy atom. The number of methoxy groups -OCH3 is 1. The fraction of sp³-hybridized carbons (Fsp3) is 0.571. The van der Waals surface area contributed by atoms with Crippen LogP contribution in [0.1, 0.15) is 13.8 Å². The molecule has 1 unspecified atom stereocenters. The number of nitrogens with zero attached hydrogens (tertiary/aromatic N) is 1. The topological polar surface area (TPSA) is 24.5 Å². The van der Waals surface area contributed by atoms with Crippen LogP contribution in [0.2, 0.25) is 0 Å². The molecule has 0 spiro atoms. The van der Waals surface area contributed by atoms with Gasteiger partial charge in [0, 0.05) is 38.5 Å². The third-order valence-corrected chi connectivity index (χ3v) is 2.86. The van der Waals surface area contributed by atoms with Crippen LogP contribution in [-0.4, -0.2) is 39.4 Å². The van der Waals surface area contributed by atoms with Gasteiger partial charge in [-0.05, 0) is 38.1 Å². The average Bonchev–Trinajstić information content (AvgIpc) is 2.36. The second kappa shape index (κ2) is 8.06. The summed E-state index contributed by atoms with van der Waals surface area (Å²) in [5.41, 5.74) is 1.06. The second-order valence-electron chi connectivity index (χ2n) is 4.37. The summed E-state index contributed by atoms with van der Waals surface area (Å²) >= 11 is 0. The fourth-order valence-corrected chi connectivity index (χ4v) is 1.88. The highest BCUT2D eigenvalue weighted by molar-refractivity contribution is 5.46. The van der Waals surface area contributed by atoms with E-state index in [0.717, 1.165) is 25.3 Å². The van der Waals surface area contributed by atoms with Gasteiger partial charge in [0.1, 0.15) is 5.82 Å². The monoisotopic (exact) mass is 254 g/mol. The molecule has 1 N–H and O–H groups in total. The van der Waals surface area contributed by atoms with Crippen LogP contribution in [0.4, 0.5) is 10.1 Å². The first kappa shape index (κ1) is 14.9. The molecule has 102 valence electrons. The summed E-state index contributed by atoms with van der Waals surface area (Å²) in [6.07, 6.45) is 0. The Labute approximate surface area is 109 Å². The first-order valence-electron chi connectivity index (χ1n) is 6.40. The molecule has 0 aliphatic carbocycles. The summed E-state index contributed by atoms with van der Waals surface area (Å²) in [5, 5.41) is 3.39. The van der Waals surface area contributed by atoms with E-state index in [0.29, 0.717) is 12.6 Å². The van der Waals surface area contributed by atoms with Gasteiger partial charge in [0.25, 0.3) is 0 Å². The van der Waals surface area contributed by atoms with Crippen molar-refractivity contribution in [2.75, 3.05) is 38.3 Å². The number of ether oxygens (including phenoxy) is 1. The smallest absolute Gasteiger partial charge is 0.123 e. The normalized spacial score (nSPS) is 12.4. The predicted molar refractivity (Wildman–Crippen MR) is 73.6 cm³/mol.